The highest BCUT2D eigenvalue weighted by Crippen LogP contribution is 2.45. The van der Waals surface area contributed by atoms with Gasteiger partial charge < -0.3 is 4.90 Å². The zero-order chi connectivity index (χ0) is 38.0. The molecule has 0 aliphatic carbocycles. The van der Waals surface area contributed by atoms with Gasteiger partial charge in [-0.1, -0.05) is 200 Å². The minimum Gasteiger partial charge on any atom is -0.311 e. The van der Waals surface area contributed by atoms with Gasteiger partial charge >= 0.3 is 0 Å². The Morgan fingerprint density at radius 3 is 1.19 bits per heavy atom. The van der Waals surface area contributed by atoms with E-state index in [2.05, 4.69) is 242 Å². The molecular formula is C56H39N. The van der Waals surface area contributed by atoms with Crippen LogP contribution in [0.4, 0.5) is 17.1 Å². The summed E-state index contributed by atoms with van der Waals surface area (Å²) in [6.07, 6.45) is 4.37. The molecule has 57 heavy (non-hydrogen) atoms. The number of benzene rings is 10. The number of fused-ring (bicyclic) bond motifs is 3. The molecule has 10 aromatic carbocycles. The van der Waals surface area contributed by atoms with E-state index in [9.17, 15) is 0 Å². The zero-order valence-electron chi connectivity index (χ0n) is 31.5. The van der Waals surface area contributed by atoms with Crippen molar-refractivity contribution in [1.82, 2.24) is 0 Å². The zero-order valence-corrected chi connectivity index (χ0v) is 31.5. The summed E-state index contributed by atoms with van der Waals surface area (Å²) in [5.74, 6) is 0. The van der Waals surface area contributed by atoms with Crippen LogP contribution in [0.5, 0.6) is 0 Å². The predicted molar refractivity (Wildman–Crippen MR) is 245 cm³/mol. The van der Waals surface area contributed by atoms with E-state index < -0.39 is 0 Å². The summed E-state index contributed by atoms with van der Waals surface area (Å²) < 4.78 is 0. The fourth-order valence-corrected chi connectivity index (χ4v) is 8.32. The van der Waals surface area contributed by atoms with Crippen molar-refractivity contribution in [3.63, 3.8) is 0 Å². The molecule has 0 bridgehead atoms. The number of nitrogens with zero attached hydrogens (tertiary/aromatic N) is 1. The van der Waals surface area contributed by atoms with Gasteiger partial charge in [0, 0.05) is 17.1 Å². The van der Waals surface area contributed by atoms with Crippen LogP contribution in [0.25, 0.3) is 77.9 Å². The van der Waals surface area contributed by atoms with Crippen molar-refractivity contribution in [3.05, 3.63) is 236 Å². The smallest absolute Gasteiger partial charge is 0.0462 e. The Bertz CT molecular complexity index is 2910. The first kappa shape index (κ1) is 34.0. The van der Waals surface area contributed by atoms with E-state index in [0.29, 0.717) is 0 Å². The van der Waals surface area contributed by atoms with E-state index in [1.54, 1.807) is 0 Å². The summed E-state index contributed by atoms with van der Waals surface area (Å²) in [6, 6.07) is 80.9. The van der Waals surface area contributed by atoms with Gasteiger partial charge in [-0.05, 0) is 113 Å². The monoisotopic (exact) mass is 725 g/mol. The molecule has 268 valence electrons. The molecule has 0 fully saturated rings. The molecule has 0 N–H and O–H groups in total. The van der Waals surface area contributed by atoms with Gasteiger partial charge in [0.05, 0.1) is 0 Å². The van der Waals surface area contributed by atoms with E-state index in [1.165, 1.54) is 71.3 Å². The maximum Gasteiger partial charge on any atom is 0.0462 e. The third-order valence-corrected chi connectivity index (χ3v) is 11.1. The lowest BCUT2D eigenvalue weighted by molar-refractivity contribution is 1.28. The first-order chi connectivity index (χ1) is 28.3. The lowest BCUT2D eigenvalue weighted by atomic mass is 9.84. The van der Waals surface area contributed by atoms with E-state index in [1.807, 2.05) is 0 Å². The second-order valence-electron chi connectivity index (χ2n) is 14.5. The first-order valence-corrected chi connectivity index (χ1v) is 19.6. The molecule has 1 heteroatoms. The molecule has 10 aromatic rings. The van der Waals surface area contributed by atoms with Crippen molar-refractivity contribution in [1.29, 1.82) is 0 Å². The Labute approximate surface area is 334 Å². The first-order valence-electron chi connectivity index (χ1n) is 19.6. The van der Waals surface area contributed by atoms with Gasteiger partial charge in [-0.3, -0.25) is 0 Å². The highest BCUT2D eigenvalue weighted by atomic mass is 15.1. The highest BCUT2D eigenvalue weighted by molar-refractivity contribution is 6.23. The number of hydrogen-bond acceptors (Lipinski definition) is 1. The van der Waals surface area contributed by atoms with E-state index in [4.69, 9.17) is 0 Å². The van der Waals surface area contributed by atoms with Crippen molar-refractivity contribution < 1.29 is 0 Å². The molecular weight excluding hydrogens is 687 g/mol. The molecule has 0 aliphatic rings. The van der Waals surface area contributed by atoms with Crippen LogP contribution in [-0.2, 0) is 0 Å². The molecule has 0 aromatic heterocycles. The van der Waals surface area contributed by atoms with Crippen LogP contribution in [0.15, 0.2) is 224 Å². The van der Waals surface area contributed by atoms with Gasteiger partial charge in [-0.15, -0.1) is 0 Å². The van der Waals surface area contributed by atoms with Crippen molar-refractivity contribution in [2.75, 3.05) is 4.90 Å². The second-order valence-corrected chi connectivity index (χ2v) is 14.5. The summed E-state index contributed by atoms with van der Waals surface area (Å²) in [5, 5.41) is 7.61. The Hall–Kier alpha value is -7.48. The van der Waals surface area contributed by atoms with Gasteiger partial charge in [0.1, 0.15) is 0 Å². The minimum absolute atomic E-state index is 1.12. The Balaban J connectivity index is 0.924. The molecule has 1 nitrogen and oxygen atoms in total. The number of rotatable bonds is 8. The van der Waals surface area contributed by atoms with Crippen molar-refractivity contribution in [2.45, 2.75) is 0 Å². The molecule has 0 radical (unpaired) electrons. The van der Waals surface area contributed by atoms with Crippen LogP contribution in [0.1, 0.15) is 11.1 Å². The molecule has 0 unspecified atom stereocenters. The maximum absolute atomic E-state index is 2.29. The van der Waals surface area contributed by atoms with Gasteiger partial charge in [-0.25, -0.2) is 0 Å². The van der Waals surface area contributed by atoms with E-state index in [-0.39, 0.29) is 0 Å². The fourth-order valence-electron chi connectivity index (χ4n) is 8.32. The van der Waals surface area contributed by atoms with E-state index >= 15 is 0 Å². The van der Waals surface area contributed by atoms with Crippen LogP contribution < -0.4 is 4.90 Å². The third kappa shape index (κ3) is 6.56. The standard InChI is InChI=1S/C56H39N/c1-3-16-46(17-4-1)57(47-18-5-2-6-19-47)48-38-30-41(31-39-48)27-26-40-28-32-42(33-29-40)43-34-36-45(37-35-43)55-51-21-9-11-23-53(51)56(54-24-12-10-22-52(54)55)50-25-13-15-44-14-7-8-20-49(44)50/h1-39H. The summed E-state index contributed by atoms with van der Waals surface area (Å²) in [5.41, 5.74) is 13.2. The maximum atomic E-state index is 2.29. The Kier molecular flexibility index (Phi) is 8.95. The molecule has 0 heterocycles. The summed E-state index contributed by atoms with van der Waals surface area (Å²) in [6.45, 7) is 0. The van der Waals surface area contributed by atoms with Crippen LogP contribution in [0.3, 0.4) is 0 Å². The fraction of sp³-hybridized carbons (Fsp3) is 0. The molecule has 0 saturated carbocycles. The summed E-state index contributed by atoms with van der Waals surface area (Å²) in [7, 11) is 0. The average molecular weight is 726 g/mol. The topological polar surface area (TPSA) is 3.24 Å². The SMILES string of the molecule is C(=Cc1ccc(N(c2ccccc2)c2ccccc2)cc1)c1ccc(-c2ccc(-c3c4ccccc4c(-c4cccc5ccccc45)c4ccccc34)cc2)cc1. The van der Waals surface area contributed by atoms with Crippen molar-refractivity contribution >= 4 is 61.5 Å². The number of para-hydroxylation sites is 2. The number of anilines is 3. The van der Waals surface area contributed by atoms with Gasteiger partial charge in [0.2, 0.25) is 0 Å². The summed E-state index contributed by atoms with van der Waals surface area (Å²) in [4.78, 5) is 2.28. The predicted octanol–water partition coefficient (Wildman–Crippen LogP) is 15.8. The molecule has 0 aliphatic heterocycles. The number of hydrogen-bond donors (Lipinski definition) is 0. The Morgan fingerprint density at radius 1 is 0.263 bits per heavy atom. The van der Waals surface area contributed by atoms with E-state index in [0.717, 1.165) is 22.6 Å². The third-order valence-electron chi connectivity index (χ3n) is 11.1. The average Bonchev–Trinajstić information content (AvgIpc) is 3.29. The van der Waals surface area contributed by atoms with Crippen molar-refractivity contribution in [3.8, 4) is 33.4 Å². The van der Waals surface area contributed by atoms with Crippen LogP contribution in [-0.4, -0.2) is 0 Å². The van der Waals surface area contributed by atoms with Gasteiger partial charge in [0.25, 0.3) is 0 Å². The lowest BCUT2D eigenvalue weighted by Gasteiger charge is -2.25. The molecule has 10 rings (SSSR count). The largest absolute Gasteiger partial charge is 0.311 e. The highest BCUT2D eigenvalue weighted by Gasteiger charge is 2.18. The van der Waals surface area contributed by atoms with Crippen LogP contribution in [0, 0.1) is 0 Å². The quantitative estimate of drug-likeness (QED) is 0.111. The molecule has 0 saturated heterocycles. The normalized spacial score (nSPS) is 11.4. The summed E-state index contributed by atoms with van der Waals surface area (Å²) >= 11 is 0. The molecule has 0 atom stereocenters. The second kappa shape index (κ2) is 15.0. The van der Waals surface area contributed by atoms with Crippen LogP contribution >= 0.6 is 0 Å². The minimum atomic E-state index is 1.12. The van der Waals surface area contributed by atoms with Gasteiger partial charge in [0.15, 0.2) is 0 Å². The van der Waals surface area contributed by atoms with Crippen LogP contribution in [0.2, 0.25) is 0 Å². The van der Waals surface area contributed by atoms with Crippen molar-refractivity contribution in [2.24, 2.45) is 0 Å². The lowest BCUT2D eigenvalue weighted by Crippen LogP contribution is -2.09. The van der Waals surface area contributed by atoms with Gasteiger partial charge in [-0.2, -0.15) is 0 Å². The molecule has 0 amide bonds. The Morgan fingerprint density at radius 2 is 0.649 bits per heavy atom. The molecule has 0 spiro atoms.